The molecule has 0 amide bonds. The number of nitrogens with zero attached hydrogens (tertiary/aromatic N) is 3. The molecule has 4 nitrogen and oxygen atoms in total. The van der Waals surface area contributed by atoms with Crippen LogP contribution in [0.25, 0.3) is 0 Å². The lowest BCUT2D eigenvalue weighted by Crippen LogP contribution is -2.54. The van der Waals surface area contributed by atoms with E-state index < -0.39 is 29.7 Å². The van der Waals surface area contributed by atoms with E-state index in [1.165, 1.54) is 11.0 Å². The normalized spacial score (nSPS) is 27.0. The maximum absolute atomic E-state index is 14.0. The fourth-order valence-electron chi connectivity index (χ4n) is 3.57. The molecule has 126 valence electrons. The van der Waals surface area contributed by atoms with Crippen molar-refractivity contribution in [3.8, 4) is 12.1 Å². The first kappa shape index (κ1) is 16.5. The van der Waals surface area contributed by atoms with Crippen LogP contribution >= 0.6 is 0 Å². The van der Waals surface area contributed by atoms with Gasteiger partial charge in [-0.3, -0.25) is 0 Å². The second-order valence-corrected chi connectivity index (χ2v) is 6.19. The predicted octanol–water partition coefficient (Wildman–Crippen LogP) is 2.71. The minimum Gasteiger partial charge on any atom is -0.382 e. The zero-order valence-corrected chi connectivity index (χ0v) is 12.4. The molecular weight excluding hydrogens is 326 g/mol. The Morgan fingerprint density at radius 1 is 1.25 bits per heavy atom. The van der Waals surface area contributed by atoms with Crippen molar-refractivity contribution in [2.75, 3.05) is 11.4 Å². The van der Waals surface area contributed by atoms with Gasteiger partial charge >= 0.3 is 6.18 Å². The molecule has 1 aromatic rings. The lowest BCUT2D eigenvalue weighted by atomic mass is 9.95. The van der Waals surface area contributed by atoms with E-state index in [-0.39, 0.29) is 29.6 Å². The Morgan fingerprint density at radius 3 is 2.54 bits per heavy atom. The highest BCUT2D eigenvalue weighted by Crippen LogP contribution is 2.52. The summed E-state index contributed by atoms with van der Waals surface area (Å²) in [6.07, 6.45) is -6.08. The van der Waals surface area contributed by atoms with Gasteiger partial charge in [0.2, 0.25) is 0 Å². The number of rotatable bonds is 2. The predicted molar refractivity (Wildman–Crippen MR) is 75.2 cm³/mol. The van der Waals surface area contributed by atoms with Crippen molar-refractivity contribution in [2.24, 2.45) is 11.8 Å². The average Bonchev–Trinajstić information content (AvgIpc) is 3.30. The maximum Gasteiger partial charge on any atom is 0.416 e. The second kappa shape index (κ2) is 5.64. The molecule has 1 aromatic carbocycles. The number of nitriles is 2. The van der Waals surface area contributed by atoms with E-state index in [0.717, 1.165) is 6.07 Å². The molecule has 4 atom stereocenters. The Labute approximate surface area is 135 Å². The van der Waals surface area contributed by atoms with E-state index in [9.17, 15) is 22.7 Å². The van der Waals surface area contributed by atoms with E-state index in [0.29, 0.717) is 12.8 Å². The van der Waals surface area contributed by atoms with Crippen LogP contribution in [-0.4, -0.2) is 30.0 Å². The van der Waals surface area contributed by atoms with Crippen LogP contribution in [0.3, 0.4) is 0 Å². The van der Waals surface area contributed by atoms with Crippen molar-refractivity contribution in [3.05, 3.63) is 29.1 Å². The van der Waals surface area contributed by atoms with Crippen LogP contribution in [0.4, 0.5) is 23.2 Å². The molecule has 0 aromatic heterocycles. The van der Waals surface area contributed by atoms with Crippen LogP contribution < -0.4 is 4.90 Å². The van der Waals surface area contributed by atoms with E-state index in [1.54, 1.807) is 12.1 Å². The highest BCUT2D eigenvalue weighted by Gasteiger charge is 2.57. The zero-order chi connectivity index (χ0) is 17.6. The summed E-state index contributed by atoms with van der Waals surface area (Å²) in [5, 5.41) is 27.7. The number of aliphatic hydroxyl groups is 1. The highest BCUT2D eigenvalue weighted by molar-refractivity contribution is 5.59. The van der Waals surface area contributed by atoms with Crippen molar-refractivity contribution in [1.82, 2.24) is 0 Å². The summed E-state index contributed by atoms with van der Waals surface area (Å²) in [4.78, 5) is 1.32. The first-order valence-corrected chi connectivity index (χ1v) is 7.43. The smallest absolute Gasteiger partial charge is 0.382 e. The molecule has 1 saturated heterocycles. The van der Waals surface area contributed by atoms with Crippen LogP contribution in [0.2, 0.25) is 0 Å². The van der Waals surface area contributed by atoms with Gasteiger partial charge in [0, 0.05) is 12.2 Å². The summed E-state index contributed by atoms with van der Waals surface area (Å²) in [6.45, 7) is 0.231. The van der Waals surface area contributed by atoms with Crippen molar-refractivity contribution in [3.63, 3.8) is 0 Å². The fraction of sp³-hybridized carbons (Fsp3) is 0.500. The molecule has 1 heterocycles. The molecule has 0 radical (unpaired) electrons. The van der Waals surface area contributed by atoms with Crippen molar-refractivity contribution in [2.45, 2.75) is 31.2 Å². The van der Waals surface area contributed by atoms with Gasteiger partial charge in [-0.1, -0.05) is 0 Å². The first-order valence-electron chi connectivity index (χ1n) is 7.43. The van der Waals surface area contributed by atoms with Gasteiger partial charge in [-0.05, 0) is 36.8 Å². The molecule has 0 spiro atoms. The Bertz CT molecular complexity index is 749. The molecule has 3 rings (SSSR count). The van der Waals surface area contributed by atoms with Gasteiger partial charge < -0.3 is 10.0 Å². The summed E-state index contributed by atoms with van der Waals surface area (Å²) < 4.78 is 53.1. The Hall–Kier alpha value is -2.32. The lowest BCUT2D eigenvalue weighted by molar-refractivity contribution is -0.212. The summed E-state index contributed by atoms with van der Waals surface area (Å²) in [5.41, 5.74) is -0.581. The van der Waals surface area contributed by atoms with E-state index >= 15 is 0 Å². The van der Waals surface area contributed by atoms with E-state index in [4.69, 9.17) is 10.5 Å². The summed E-state index contributed by atoms with van der Waals surface area (Å²) in [5.74, 6) is -1.12. The van der Waals surface area contributed by atoms with Crippen LogP contribution in [0.1, 0.15) is 24.0 Å². The van der Waals surface area contributed by atoms with Crippen LogP contribution in [0.5, 0.6) is 0 Å². The SMILES string of the molecule is N#Cc1cc(N2CCC3C[C@@H]3[C@@H]2[C@H](O)C(F)(F)F)cc(F)c1C#N. The molecule has 1 saturated carbocycles. The first-order chi connectivity index (χ1) is 11.3. The summed E-state index contributed by atoms with van der Waals surface area (Å²) in [7, 11) is 0. The fourth-order valence-corrected chi connectivity index (χ4v) is 3.57. The Balaban J connectivity index is 2.02. The third-order valence-electron chi connectivity index (χ3n) is 4.81. The number of hydrogen-bond acceptors (Lipinski definition) is 4. The molecule has 1 unspecified atom stereocenters. The van der Waals surface area contributed by atoms with Gasteiger partial charge in [0.25, 0.3) is 0 Å². The van der Waals surface area contributed by atoms with Crippen molar-refractivity contribution in [1.29, 1.82) is 10.5 Å². The standard InChI is InChI=1S/C16H13F4N3O/c17-13-5-10(3-9(6-21)12(13)7-22)23-2-1-8-4-11(8)14(23)15(24)16(18,19)20/h3,5,8,11,14-15,24H,1-2,4H2/t8?,11-,14+,15-/m0/s1. The van der Waals surface area contributed by atoms with Gasteiger partial charge in [0.15, 0.2) is 6.10 Å². The molecule has 2 aliphatic rings. The molecule has 1 aliphatic heterocycles. The number of anilines is 1. The third kappa shape index (κ3) is 2.67. The summed E-state index contributed by atoms with van der Waals surface area (Å²) >= 11 is 0. The number of aliphatic hydroxyl groups excluding tert-OH is 1. The van der Waals surface area contributed by atoms with Gasteiger partial charge in [0.1, 0.15) is 23.5 Å². The second-order valence-electron chi connectivity index (χ2n) is 6.19. The topological polar surface area (TPSA) is 71.1 Å². The molecule has 8 heteroatoms. The van der Waals surface area contributed by atoms with Crippen molar-refractivity contribution >= 4 is 5.69 Å². The zero-order valence-electron chi connectivity index (χ0n) is 12.4. The minimum atomic E-state index is -4.78. The number of hydrogen-bond donors (Lipinski definition) is 1. The van der Waals surface area contributed by atoms with Crippen LogP contribution in [0.15, 0.2) is 12.1 Å². The molecule has 2 fully saturated rings. The Morgan fingerprint density at radius 2 is 1.96 bits per heavy atom. The molecule has 0 bridgehead atoms. The van der Waals surface area contributed by atoms with Gasteiger partial charge in [-0.2, -0.15) is 23.7 Å². The quantitative estimate of drug-likeness (QED) is 0.841. The summed E-state index contributed by atoms with van der Waals surface area (Å²) in [6, 6.07) is 4.22. The average molecular weight is 339 g/mol. The van der Waals surface area contributed by atoms with Crippen LogP contribution in [0, 0.1) is 40.3 Å². The molecule has 1 aliphatic carbocycles. The molecule has 1 N–H and O–H groups in total. The molecular formula is C16H13F4N3O. The Kier molecular flexibility index (Phi) is 3.89. The third-order valence-corrected chi connectivity index (χ3v) is 4.81. The monoisotopic (exact) mass is 339 g/mol. The van der Waals surface area contributed by atoms with Gasteiger partial charge in [-0.25, -0.2) is 4.39 Å². The van der Waals surface area contributed by atoms with Gasteiger partial charge in [0.05, 0.1) is 11.6 Å². The maximum atomic E-state index is 14.0. The van der Waals surface area contributed by atoms with E-state index in [1.807, 2.05) is 0 Å². The van der Waals surface area contributed by atoms with E-state index in [2.05, 4.69) is 0 Å². The minimum absolute atomic E-state index is 0.0849. The number of benzene rings is 1. The largest absolute Gasteiger partial charge is 0.416 e. The van der Waals surface area contributed by atoms with Gasteiger partial charge in [-0.15, -0.1) is 0 Å². The molecule has 24 heavy (non-hydrogen) atoms. The van der Waals surface area contributed by atoms with Crippen LogP contribution in [-0.2, 0) is 0 Å². The van der Waals surface area contributed by atoms with Crippen molar-refractivity contribution < 1.29 is 22.7 Å². The number of alkyl halides is 3. The number of halogens is 4. The number of fused-ring (bicyclic) bond motifs is 1. The highest BCUT2D eigenvalue weighted by atomic mass is 19.4. The lowest BCUT2D eigenvalue weighted by Gasteiger charge is -2.40. The number of piperidine rings is 1.